The predicted octanol–water partition coefficient (Wildman–Crippen LogP) is 5.24. The minimum Gasteiger partial charge on any atom is -0.484 e. The van der Waals surface area contributed by atoms with Crippen molar-refractivity contribution in [3.05, 3.63) is 63.5 Å². The maximum atomic E-state index is 6.14. The van der Waals surface area contributed by atoms with Crippen molar-refractivity contribution in [1.29, 1.82) is 0 Å². The average molecular weight is 349 g/mol. The molecule has 0 fully saturated rings. The van der Waals surface area contributed by atoms with Crippen molar-refractivity contribution in [3.8, 4) is 17.1 Å². The number of hydrogen-bond acceptors (Lipinski definition) is 4. The Morgan fingerprint density at radius 3 is 2.35 bits per heavy atom. The van der Waals surface area contributed by atoms with Gasteiger partial charge in [0, 0.05) is 15.6 Å². The van der Waals surface area contributed by atoms with Crippen LogP contribution in [0.5, 0.6) is 5.75 Å². The van der Waals surface area contributed by atoms with Gasteiger partial charge in [0.05, 0.1) is 0 Å². The van der Waals surface area contributed by atoms with Gasteiger partial charge in [-0.05, 0) is 61.4 Å². The third kappa shape index (κ3) is 3.66. The topological polar surface area (TPSA) is 48.2 Å². The fourth-order valence-corrected chi connectivity index (χ4v) is 2.40. The summed E-state index contributed by atoms with van der Waals surface area (Å²) in [6.45, 7) is 4.07. The molecular weight excluding hydrogens is 335 g/mol. The van der Waals surface area contributed by atoms with Crippen molar-refractivity contribution in [2.24, 2.45) is 0 Å². The van der Waals surface area contributed by atoms with Crippen molar-refractivity contribution < 1.29 is 9.26 Å². The number of ether oxygens (including phenoxy) is 1. The molecule has 23 heavy (non-hydrogen) atoms. The van der Waals surface area contributed by atoms with E-state index in [2.05, 4.69) is 10.1 Å². The zero-order valence-corrected chi connectivity index (χ0v) is 14.1. The summed E-state index contributed by atoms with van der Waals surface area (Å²) in [7, 11) is 0. The van der Waals surface area contributed by atoms with Gasteiger partial charge >= 0.3 is 0 Å². The molecule has 0 aliphatic carbocycles. The molecule has 6 heteroatoms. The van der Waals surface area contributed by atoms with Crippen LogP contribution in [-0.2, 0) is 6.61 Å². The van der Waals surface area contributed by atoms with Crippen LogP contribution < -0.4 is 4.74 Å². The van der Waals surface area contributed by atoms with Crippen LogP contribution in [0, 0.1) is 13.8 Å². The fraction of sp³-hybridized carbons (Fsp3) is 0.176. The predicted molar refractivity (Wildman–Crippen MR) is 90.0 cm³/mol. The molecule has 0 spiro atoms. The first kappa shape index (κ1) is 15.8. The van der Waals surface area contributed by atoms with E-state index in [4.69, 9.17) is 32.5 Å². The first-order valence-corrected chi connectivity index (χ1v) is 7.76. The van der Waals surface area contributed by atoms with Gasteiger partial charge in [-0.15, -0.1) is 0 Å². The van der Waals surface area contributed by atoms with Crippen LogP contribution >= 0.6 is 23.2 Å². The van der Waals surface area contributed by atoms with Gasteiger partial charge in [-0.25, -0.2) is 0 Å². The Labute approximate surface area is 144 Å². The van der Waals surface area contributed by atoms with E-state index in [1.54, 1.807) is 12.1 Å². The molecule has 4 nitrogen and oxygen atoms in total. The Bertz CT molecular complexity index is 806. The second kappa shape index (κ2) is 6.60. The molecule has 0 saturated carbocycles. The lowest BCUT2D eigenvalue weighted by Gasteiger charge is -2.08. The molecule has 2 aromatic carbocycles. The molecule has 0 aliphatic heterocycles. The van der Waals surface area contributed by atoms with E-state index in [1.807, 2.05) is 38.1 Å². The summed E-state index contributed by atoms with van der Waals surface area (Å²) in [5, 5.41) is 5.36. The van der Waals surface area contributed by atoms with Gasteiger partial charge in [0.2, 0.25) is 5.82 Å². The summed E-state index contributed by atoms with van der Waals surface area (Å²) in [6.07, 6.45) is 0. The molecular formula is C17H14Cl2N2O2. The minimum atomic E-state index is 0.196. The third-order valence-corrected chi connectivity index (χ3v) is 4.19. The molecule has 0 amide bonds. The lowest BCUT2D eigenvalue weighted by atomic mass is 10.1. The molecule has 1 heterocycles. The van der Waals surface area contributed by atoms with Crippen LogP contribution in [-0.4, -0.2) is 10.1 Å². The first-order valence-electron chi connectivity index (χ1n) is 7.01. The van der Waals surface area contributed by atoms with Crippen LogP contribution in [0.25, 0.3) is 11.4 Å². The zero-order valence-electron chi connectivity index (χ0n) is 12.6. The SMILES string of the molecule is Cc1cc(OCc2nc(-c3ccc(Cl)cc3)no2)cc(C)c1Cl. The van der Waals surface area contributed by atoms with Crippen molar-refractivity contribution in [2.75, 3.05) is 0 Å². The average Bonchev–Trinajstić information content (AvgIpc) is 3.00. The summed E-state index contributed by atoms with van der Waals surface area (Å²) < 4.78 is 10.9. The molecule has 3 aromatic rings. The summed E-state index contributed by atoms with van der Waals surface area (Å²) in [5.41, 5.74) is 2.77. The van der Waals surface area contributed by atoms with Gasteiger partial charge in [-0.1, -0.05) is 28.4 Å². The Kier molecular flexibility index (Phi) is 4.55. The number of hydrogen-bond donors (Lipinski definition) is 0. The zero-order chi connectivity index (χ0) is 16.4. The van der Waals surface area contributed by atoms with Crippen LogP contribution in [0.1, 0.15) is 17.0 Å². The molecule has 0 aliphatic rings. The van der Waals surface area contributed by atoms with Crippen LogP contribution in [0.15, 0.2) is 40.9 Å². The van der Waals surface area contributed by atoms with E-state index in [0.717, 1.165) is 27.5 Å². The van der Waals surface area contributed by atoms with E-state index in [1.165, 1.54) is 0 Å². The van der Waals surface area contributed by atoms with Gasteiger partial charge < -0.3 is 9.26 Å². The Morgan fingerprint density at radius 2 is 1.70 bits per heavy atom. The Morgan fingerprint density at radius 1 is 1.04 bits per heavy atom. The van der Waals surface area contributed by atoms with Gasteiger partial charge in [0.15, 0.2) is 6.61 Å². The van der Waals surface area contributed by atoms with Gasteiger partial charge in [-0.3, -0.25) is 0 Å². The number of aromatic nitrogens is 2. The van der Waals surface area contributed by atoms with Crippen molar-refractivity contribution in [2.45, 2.75) is 20.5 Å². The Hall–Kier alpha value is -2.04. The second-order valence-electron chi connectivity index (χ2n) is 5.18. The summed E-state index contributed by atoms with van der Waals surface area (Å²) in [4.78, 5) is 4.32. The van der Waals surface area contributed by atoms with E-state index in [0.29, 0.717) is 16.7 Å². The van der Waals surface area contributed by atoms with E-state index in [-0.39, 0.29) is 6.61 Å². The van der Waals surface area contributed by atoms with Crippen molar-refractivity contribution in [1.82, 2.24) is 10.1 Å². The summed E-state index contributed by atoms with van der Waals surface area (Å²) >= 11 is 12.0. The number of nitrogens with zero attached hydrogens (tertiary/aromatic N) is 2. The molecule has 0 unspecified atom stereocenters. The first-order chi connectivity index (χ1) is 11.0. The van der Waals surface area contributed by atoms with Gasteiger partial charge in [-0.2, -0.15) is 4.98 Å². The highest BCUT2D eigenvalue weighted by atomic mass is 35.5. The largest absolute Gasteiger partial charge is 0.484 e. The van der Waals surface area contributed by atoms with Gasteiger partial charge in [0.1, 0.15) is 5.75 Å². The maximum absolute atomic E-state index is 6.14. The van der Waals surface area contributed by atoms with E-state index >= 15 is 0 Å². The molecule has 0 atom stereocenters. The minimum absolute atomic E-state index is 0.196. The van der Waals surface area contributed by atoms with Crippen molar-refractivity contribution >= 4 is 23.2 Å². The highest BCUT2D eigenvalue weighted by Gasteiger charge is 2.10. The van der Waals surface area contributed by atoms with E-state index in [9.17, 15) is 0 Å². The third-order valence-electron chi connectivity index (χ3n) is 3.34. The Balaban J connectivity index is 1.71. The number of rotatable bonds is 4. The number of benzene rings is 2. The van der Waals surface area contributed by atoms with Crippen LogP contribution in [0.2, 0.25) is 10.0 Å². The molecule has 3 rings (SSSR count). The lowest BCUT2D eigenvalue weighted by molar-refractivity contribution is 0.242. The molecule has 0 radical (unpaired) electrons. The highest BCUT2D eigenvalue weighted by Crippen LogP contribution is 2.26. The quantitative estimate of drug-likeness (QED) is 0.646. The fourth-order valence-electron chi connectivity index (χ4n) is 2.16. The molecule has 1 aromatic heterocycles. The molecule has 0 N–H and O–H groups in total. The normalized spacial score (nSPS) is 10.8. The molecule has 118 valence electrons. The highest BCUT2D eigenvalue weighted by molar-refractivity contribution is 6.32. The van der Waals surface area contributed by atoms with Crippen LogP contribution in [0.3, 0.4) is 0 Å². The molecule has 0 saturated heterocycles. The smallest absolute Gasteiger partial charge is 0.264 e. The standard InChI is InChI=1S/C17H14Cl2N2O2/c1-10-7-14(8-11(2)16(10)19)22-9-15-20-17(21-23-15)12-3-5-13(18)6-4-12/h3-8H,9H2,1-2H3. The number of halogens is 2. The van der Waals surface area contributed by atoms with Crippen LogP contribution in [0.4, 0.5) is 0 Å². The lowest BCUT2D eigenvalue weighted by Crippen LogP contribution is -1.97. The summed E-state index contributed by atoms with van der Waals surface area (Å²) in [6, 6.07) is 11.0. The maximum Gasteiger partial charge on any atom is 0.264 e. The van der Waals surface area contributed by atoms with Crippen molar-refractivity contribution in [3.63, 3.8) is 0 Å². The van der Waals surface area contributed by atoms with Gasteiger partial charge in [0.25, 0.3) is 5.89 Å². The monoisotopic (exact) mass is 348 g/mol. The molecule has 0 bridgehead atoms. The second-order valence-corrected chi connectivity index (χ2v) is 5.99. The summed E-state index contributed by atoms with van der Waals surface area (Å²) in [5.74, 6) is 1.62. The number of aryl methyl sites for hydroxylation is 2. The van der Waals surface area contributed by atoms with E-state index < -0.39 is 0 Å².